The third-order valence-corrected chi connectivity index (χ3v) is 4.52. The topological polar surface area (TPSA) is 126 Å². The number of nitro groups is 1. The number of ether oxygens (including phenoxy) is 3. The molecular weight excluding hydrogens is 452 g/mol. The van der Waals surface area contributed by atoms with E-state index in [2.05, 4.69) is 15.3 Å². The molecule has 0 aliphatic carbocycles. The lowest BCUT2D eigenvalue weighted by Crippen LogP contribution is -2.18. The molecule has 0 radical (unpaired) electrons. The number of aromatic nitrogens is 2. The van der Waals surface area contributed by atoms with Crippen molar-refractivity contribution in [1.82, 2.24) is 9.97 Å². The predicted octanol–water partition coefficient (Wildman–Crippen LogP) is 5.14. The van der Waals surface area contributed by atoms with Gasteiger partial charge in [0.15, 0.2) is 0 Å². The number of nitrogens with zero attached hydrogens (tertiary/aromatic N) is 3. The molecule has 1 atom stereocenters. The first kappa shape index (κ1) is 23.7. The second kappa shape index (κ2) is 11.1. The van der Waals surface area contributed by atoms with Crippen molar-refractivity contribution in [3.05, 3.63) is 87.2 Å². The molecule has 2 aromatic carbocycles. The average molecular weight is 473 g/mol. The van der Waals surface area contributed by atoms with Gasteiger partial charge in [-0.25, -0.2) is 14.8 Å². The van der Waals surface area contributed by atoms with E-state index in [1.807, 2.05) is 0 Å². The Labute approximate surface area is 194 Å². The Balaban J connectivity index is 1.92. The van der Waals surface area contributed by atoms with Gasteiger partial charge in [-0.3, -0.25) is 10.1 Å². The van der Waals surface area contributed by atoms with Crippen molar-refractivity contribution in [2.75, 3.05) is 12.1 Å². The number of rotatable bonds is 9. The first-order chi connectivity index (χ1) is 15.8. The summed E-state index contributed by atoms with van der Waals surface area (Å²) in [6.07, 6.45) is 1.96. The van der Waals surface area contributed by atoms with E-state index in [9.17, 15) is 14.9 Å². The summed E-state index contributed by atoms with van der Waals surface area (Å²) in [7, 11) is 0. The lowest BCUT2D eigenvalue weighted by atomic mass is 9.97. The van der Waals surface area contributed by atoms with Gasteiger partial charge in [0.05, 0.1) is 17.1 Å². The van der Waals surface area contributed by atoms with Crippen LogP contribution in [-0.4, -0.2) is 33.9 Å². The highest BCUT2D eigenvalue weighted by molar-refractivity contribution is 6.30. The number of halogens is 1. The van der Waals surface area contributed by atoms with E-state index >= 15 is 0 Å². The molecule has 1 aromatic heterocycles. The van der Waals surface area contributed by atoms with Gasteiger partial charge in [-0.1, -0.05) is 11.6 Å². The molecule has 0 bridgehead atoms. The summed E-state index contributed by atoms with van der Waals surface area (Å²) in [5.41, 5.74) is 1.19. The quantitative estimate of drug-likeness (QED) is 0.195. The van der Waals surface area contributed by atoms with E-state index in [0.29, 0.717) is 27.8 Å². The fourth-order valence-corrected chi connectivity index (χ4v) is 3.06. The lowest BCUT2D eigenvalue weighted by Gasteiger charge is -2.22. The molecule has 3 rings (SSSR count). The highest BCUT2D eigenvalue weighted by Crippen LogP contribution is 2.35. The Kier molecular flexibility index (Phi) is 7.98. The number of carbonyl (C=O) groups is 1. The molecule has 3 aromatic rings. The molecule has 0 saturated carbocycles. The molecule has 0 fully saturated rings. The Bertz CT molecular complexity index is 1100. The lowest BCUT2D eigenvalue weighted by molar-refractivity contribution is -0.384. The van der Waals surface area contributed by atoms with Crippen LogP contribution in [0.15, 0.2) is 60.9 Å². The smallest absolute Gasteiger partial charge is 0.457 e. The van der Waals surface area contributed by atoms with Crippen molar-refractivity contribution in [1.29, 1.82) is 0 Å². The Morgan fingerprint density at radius 2 is 1.85 bits per heavy atom. The van der Waals surface area contributed by atoms with E-state index in [4.69, 9.17) is 25.8 Å². The van der Waals surface area contributed by atoms with Gasteiger partial charge in [0, 0.05) is 35.1 Å². The second-order valence-corrected chi connectivity index (χ2v) is 7.44. The van der Waals surface area contributed by atoms with Crippen LogP contribution in [-0.2, 0) is 9.47 Å². The van der Waals surface area contributed by atoms with Crippen LogP contribution >= 0.6 is 11.6 Å². The van der Waals surface area contributed by atoms with Crippen LogP contribution in [0.4, 0.5) is 16.4 Å². The number of hydrogen-bond acceptors (Lipinski definition) is 9. The molecule has 1 unspecified atom stereocenters. The molecule has 172 valence electrons. The Morgan fingerprint density at radius 1 is 1.15 bits per heavy atom. The van der Waals surface area contributed by atoms with Crippen molar-refractivity contribution < 1.29 is 23.9 Å². The number of nitrogens with one attached hydrogen (secondary N) is 1. The van der Waals surface area contributed by atoms with Crippen LogP contribution in [0.5, 0.6) is 5.75 Å². The molecule has 0 saturated heterocycles. The van der Waals surface area contributed by atoms with E-state index < -0.39 is 23.9 Å². The zero-order chi connectivity index (χ0) is 23.8. The number of nitro benzene ring substituents is 1. The van der Waals surface area contributed by atoms with E-state index in [1.165, 1.54) is 12.1 Å². The number of carbonyl (C=O) groups excluding carboxylic acids is 1. The maximum atomic E-state index is 11.6. The molecule has 33 heavy (non-hydrogen) atoms. The number of benzene rings is 2. The third kappa shape index (κ3) is 6.78. The van der Waals surface area contributed by atoms with Crippen LogP contribution in [0, 0.1) is 10.1 Å². The van der Waals surface area contributed by atoms with E-state index in [0.717, 1.165) is 0 Å². The van der Waals surface area contributed by atoms with Crippen LogP contribution < -0.4 is 10.1 Å². The van der Waals surface area contributed by atoms with Crippen molar-refractivity contribution in [3.8, 4) is 5.75 Å². The Morgan fingerprint density at radius 3 is 2.48 bits per heavy atom. The van der Waals surface area contributed by atoms with Gasteiger partial charge in [0.25, 0.3) is 5.69 Å². The first-order valence-electron chi connectivity index (χ1n) is 9.87. The summed E-state index contributed by atoms with van der Waals surface area (Å²) in [6.45, 7) is 3.01. The molecule has 1 N–H and O–H groups in total. The van der Waals surface area contributed by atoms with Gasteiger partial charge in [-0.05, 0) is 55.8 Å². The summed E-state index contributed by atoms with van der Waals surface area (Å²) >= 11 is 6.25. The van der Waals surface area contributed by atoms with Gasteiger partial charge in [0.1, 0.15) is 5.75 Å². The fraction of sp³-hybridized carbons (Fsp3) is 0.227. The number of hydrogen-bond donors (Lipinski definition) is 1. The molecule has 0 spiro atoms. The van der Waals surface area contributed by atoms with Gasteiger partial charge in [-0.15, -0.1) is 0 Å². The minimum Gasteiger partial charge on any atom is -0.457 e. The minimum atomic E-state index is -0.858. The van der Waals surface area contributed by atoms with Gasteiger partial charge in [0.2, 0.25) is 12.7 Å². The largest absolute Gasteiger partial charge is 0.511 e. The SMILES string of the molecule is CC(C)OC(=O)OCOc1ccc(Cl)cc1C(Nc1ncccn1)c1ccc([N+](=O)[O-])cc1. The fourth-order valence-electron chi connectivity index (χ4n) is 2.88. The minimum absolute atomic E-state index is 0.0481. The van der Waals surface area contributed by atoms with Gasteiger partial charge < -0.3 is 19.5 Å². The second-order valence-electron chi connectivity index (χ2n) is 7.00. The monoisotopic (exact) mass is 472 g/mol. The van der Waals surface area contributed by atoms with Gasteiger partial charge in [-0.2, -0.15) is 0 Å². The molecule has 1 heterocycles. The molecule has 10 nitrogen and oxygen atoms in total. The van der Waals surface area contributed by atoms with Crippen LogP contribution in [0.1, 0.15) is 31.0 Å². The predicted molar refractivity (Wildman–Crippen MR) is 120 cm³/mol. The van der Waals surface area contributed by atoms with E-state index in [1.54, 1.807) is 62.6 Å². The highest BCUT2D eigenvalue weighted by Gasteiger charge is 2.22. The normalized spacial score (nSPS) is 11.5. The summed E-state index contributed by atoms with van der Waals surface area (Å²) in [5, 5.41) is 14.7. The van der Waals surface area contributed by atoms with Crippen LogP contribution in [0.3, 0.4) is 0 Å². The van der Waals surface area contributed by atoms with Crippen molar-refractivity contribution >= 4 is 29.4 Å². The summed E-state index contributed by atoms with van der Waals surface area (Å²) in [5.74, 6) is 0.687. The van der Waals surface area contributed by atoms with E-state index in [-0.39, 0.29) is 11.8 Å². The van der Waals surface area contributed by atoms with Crippen LogP contribution in [0.2, 0.25) is 5.02 Å². The van der Waals surface area contributed by atoms with Crippen LogP contribution in [0.25, 0.3) is 0 Å². The molecular formula is C22H21ClN4O6. The molecule has 0 amide bonds. The summed E-state index contributed by atoms with van der Waals surface area (Å²) in [6, 6.07) is 12.0. The number of non-ortho nitro benzene ring substituents is 1. The third-order valence-electron chi connectivity index (χ3n) is 4.28. The average Bonchev–Trinajstić information content (AvgIpc) is 2.79. The summed E-state index contributed by atoms with van der Waals surface area (Å²) < 4.78 is 15.5. The van der Waals surface area contributed by atoms with Crippen molar-refractivity contribution in [2.24, 2.45) is 0 Å². The standard InChI is InChI=1S/C22H21ClN4O6/c1-14(2)33-22(28)32-13-31-19-9-6-16(23)12-18(19)20(26-21-24-10-3-11-25-21)15-4-7-17(8-5-15)27(29)30/h3-12,14,20H,13H2,1-2H3,(H,24,25,26). The number of anilines is 1. The van der Waals surface area contributed by atoms with Crippen molar-refractivity contribution in [2.45, 2.75) is 26.0 Å². The highest BCUT2D eigenvalue weighted by atomic mass is 35.5. The Hall–Kier alpha value is -3.92. The first-order valence-corrected chi connectivity index (χ1v) is 10.2. The maximum absolute atomic E-state index is 11.6. The molecule has 0 aliphatic heterocycles. The maximum Gasteiger partial charge on any atom is 0.511 e. The van der Waals surface area contributed by atoms with Crippen molar-refractivity contribution in [3.63, 3.8) is 0 Å². The zero-order valence-corrected chi connectivity index (χ0v) is 18.6. The molecule has 0 aliphatic rings. The van der Waals surface area contributed by atoms with Gasteiger partial charge >= 0.3 is 6.16 Å². The zero-order valence-electron chi connectivity index (χ0n) is 17.8. The summed E-state index contributed by atoms with van der Waals surface area (Å²) in [4.78, 5) is 30.6. The molecule has 11 heteroatoms.